The van der Waals surface area contributed by atoms with Gasteiger partial charge in [0.2, 0.25) is 0 Å². The molecule has 0 heterocycles. The van der Waals surface area contributed by atoms with E-state index in [-0.39, 0.29) is 6.92 Å². The first-order valence-electron chi connectivity index (χ1n) is 14.8. The highest BCUT2D eigenvalue weighted by Gasteiger charge is 3.03. The standard InChI is InChI=1S/C23H8F41O4P/c1-3(68-69(65,66)67)2-4(24,25)5(26,27)6(28,29)7(30,31)8(32,33)9(34,35)10(36,37)11(38,39)12(40,41)13(42,43)14(44,45)15(46,47)16(48,49)17(50,51)18(52,53)19(54,55)20(56,57)21(58,59)22(60,61)23(62,63)64/h3H,2H2,1H3,(H2,65,66,67). The van der Waals surface area contributed by atoms with Crippen LogP contribution >= 0.6 is 7.82 Å². The fourth-order valence-corrected chi connectivity index (χ4v) is 4.87. The van der Waals surface area contributed by atoms with Crippen molar-refractivity contribution in [3.05, 3.63) is 0 Å². The second-order valence-electron chi connectivity index (χ2n) is 13.2. The predicted molar refractivity (Wildman–Crippen MR) is 127 cm³/mol. The number of hydrogen-bond donors (Lipinski definition) is 2. The fourth-order valence-electron chi connectivity index (χ4n) is 4.32. The molecule has 0 radical (unpaired) electrons. The molecule has 0 rings (SSSR count). The Kier molecular flexibility index (Phi) is 15.7. The average molecular weight is 1160 g/mol. The zero-order valence-electron chi connectivity index (χ0n) is 29.9. The predicted octanol–water partition coefficient (Wildman–Crippen LogP) is 13.5. The van der Waals surface area contributed by atoms with Crippen molar-refractivity contribution in [3.63, 3.8) is 0 Å². The molecule has 0 amide bonds. The quantitative estimate of drug-likeness (QED) is 0.0837. The molecule has 0 spiro atoms. The van der Waals surface area contributed by atoms with Crippen LogP contribution in [0.1, 0.15) is 13.3 Å². The topological polar surface area (TPSA) is 66.8 Å². The highest BCUT2D eigenvalue weighted by molar-refractivity contribution is 7.46. The average Bonchev–Trinajstić information content (AvgIpc) is 3.08. The molecular formula is C23H8F41O4P. The summed E-state index contributed by atoms with van der Waals surface area (Å²) in [6.07, 6.45) is -15.7. The second kappa shape index (κ2) is 16.4. The van der Waals surface area contributed by atoms with Gasteiger partial charge in [0.05, 0.1) is 6.10 Å². The minimum atomic E-state index is -10.7. The number of halogens is 41. The molecule has 0 aromatic heterocycles. The van der Waals surface area contributed by atoms with E-state index in [0.29, 0.717) is 0 Å². The lowest BCUT2D eigenvalue weighted by Gasteiger charge is -2.47. The first-order valence-corrected chi connectivity index (χ1v) is 16.4. The molecule has 69 heavy (non-hydrogen) atoms. The Balaban J connectivity index is 7.95. The van der Waals surface area contributed by atoms with Crippen molar-refractivity contribution in [1.82, 2.24) is 0 Å². The maximum absolute atomic E-state index is 14.1. The third-order valence-electron chi connectivity index (χ3n) is 8.38. The second-order valence-corrected chi connectivity index (χ2v) is 14.3. The van der Waals surface area contributed by atoms with Crippen LogP contribution in [0, 0.1) is 0 Å². The highest BCUT2D eigenvalue weighted by Crippen LogP contribution is 2.71. The maximum Gasteiger partial charge on any atom is 0.469 e. The van der Waals surface area contributed by atoms with Crippen molar-refractivity contribution in [3.8, 4) is 0 Å². The lowest BCUT2D eigenvalue weighted by Crippen LogP contribution is -2.80. The van der Waals surface area contributed by atoms with Gasteiger partial charge in [-0.25, -0.2) is 4.57 Å². The van der Waals surface area contributed by atoms with Crippen molar-refractivity contribution in [2.24, 2.45) is 0 Å². The van der Waals surface area contributed by atoms with E-state index in [0.717, 1.165) is 0 Å². The largest absolute Gasteiger partial charge is 0.469 e. The molecular weight excluding hydrogens is 1150 g/mol. The number of phosphoric acid groups is 1. The van der Waals surface area contributed by atoms with Gasteiger partial charge in [0, 0.05) is 6.42 Å². The first-order chi connectivity index (χ1) is 28.9. The van der Waals surface area contributed by atoms with Crippen LogP contribution in [0.4, 0.5) is 180 Å². The van der Waals surface area contributed by atoms with Crippen LogP contribution in [0.15, 0.2) is 0 Å². The number of alkyl halides is 41. The van der Waals surface area contributed by atoms with E-state index < -0.39 is 139 Å². The molecule has 1 unspecified atom stereocenters. The van der Waals surface area contributed by atoms with E-state index in [2.05, 4.69) is 4.52 Å². The smallest absolute Gasteiger partial charge is 0.303 e. The van der Waals surface area contributed by atoms with E-state index in [1.165, 1.54) is 0 Å². The summed E-state index contributed by atoms with van der Waals surface area (Å²) in [5.41, 5.74) is 0. The first kappa shape index (κ1) is 66.2. The number of phosphoric ester groups is 1. The lowest BCUT2D eigenvalue weighted by molar-refractivity contribution is -0.495. The van der Waals surface area contributed by atoms with Crippen LogP contribution in [0.2, 0.25) is 0 Å². The monoisotopic (exact) mass is 1160 g/mol. The van der Waals surface area contributed by atoms with Crippen LogP contribution < -0.4 is 0 Å². The zero-order valence-corrected chi connectivity index (χ0v) is 30.8. The van der Waals surface area contributed by atoms with Gasteiger partial charge in [0.1, 0.15) is 0 Å². The summed E-state index contributed by atoms with van der Waals surface area (Å²) in [7, 11) is -6.33. The molecule has 0 saturated carbocycles. The van der Waals surface area contributed by atoms with Gasteiger partial charge in [-0.15, -0.1) is 0 Å². The number of rotatable bonds is 22. The lowest BCUT2D eigenvalue weighted by atomic mass is 9.81. The Morgan fingerprint density at radius 3 is 0.551 bits per heavy atom. The zero-order chi connectivity index (χ0) is 57.5. The van der Waals surface area contributed by atoms with Gasteiger partial charge >= 0.3 is 127 Å². The van der Waals surface area contributed by atoms with Crippen LogP contribution in [0.5, 0.6) is 0 Å². The number of hydrogen-bond acceptors (Lipinski definition) is 2. The summed E-state index contributed by atoms with van der Waals surface area (Å²) >= 11 is 0. The van der Waals surface area contributed by atoms with E-state index in [1.807, 2.05) is 0 Å². The minimum Gasteiger partial charge on any atom is -0.303 e. The molecule has 0 aromatic rings. The van der Waals surface area contributed by atoms with Crippen molar-refractivity contribution >= 4 is 7.82 Å². The van der Waals surface area contributed by atoms with E-state index in [9.17, 15) is 185 Å². The molecule has 0 fully saturated rings. The third kappa shape index (κ3) is 8.21. The molecule has 0 aliphatic heterocycles. The van der Waals surface area contributed by atoms with E-state index in [1.54, 1.807) is 0 Å². The van der Waals surface area contributed by atoms with Crippen molar-refractivity contribution in [2.45, 2.75) is 138 Å². The Labute approximate surface area is 346 Å². The van der Waals surface area contributed by atoms with Gasteiger partial charge in [-0.1, -0.05) is 0 Å². The molecule has 0 aromatic carbocycles. The van der Waals surface area contributed by atoms with Crippen LogP contribution in [-0.2, 0) is 9.09 Å². The molecule has 1 atom stereocenters. The van der Waals surface area contributed by atoms with Gasteiger partial charge in [0.25, 0.3) is 0 Å². The Morgan fingerprint density at radius 1 is 0.290 bits per heavy atom. The summed E-state index contributed by atoms with van der Waals surface area (Å²) < 4.78 is 577. The van der Waals surface area contributed by atoms with Crippen LogP contribution in [0.25, 0.3) is 0 Å². The summed E-state index contributed by atoms with van der Waals surface area (Å²) in [5.74, 6) is -190. The highest BCUT2D eigenvalue weighted by atomic mass is 31.2. The maximum atomic E-state index is 14.1. The molecule has 416 valence electrons. The normalized spacial score (nSPS) is 17.7. The Morgan fingerprint density at radius 2 is 0.420 bits per heavy atom. The van der Waals surface area contributed by atoms with E-state index in [4.69, 9.17) is 9.79 Å². The van der Waals surface area contributed by atoms with Gasteiger partial charge in [0.15, 0.2) is 0 Å². The molecule has 2 N–H and O–H groups in total. The molecule has 0 aliphatic carbocycles. The molecule has 0 bridgehead atoms. The van der Waals surface area contributed by atoms with Crippen molar-refractivity contribution in [1.29, 1.82) is 0 Å². The minimum absolute atomic E-state index is 0.385. The van der Waals surface area contributed by atoms with E-state index >= 15 is 0 Å². The van der Waals surface area contributed by atoms with Crippen molar-refractivity contribution < 1.29 is 199 Å². The van der Waals surface area contributed by atoms with Gasteiger partial charge in [-0.2, -0.15) is 180 Å². The Bertz CT molecular complexity index is 1900. The third-order valence-corrected chi connectivity index (χ3v) is 9.01. The van der Waals surface area contributed by atoms with Crippen LogP contribution in [-0.4, -0.2) is 135 Å². The summed E-state index contributed by atoms with van der Waals surface area (Å²) in [6.45, 7) is -0.385. The van der Waals surface area contributed by atoms with Crippen LogP contribution in [0.3, 0.4) is 0 Å². The molecule has 4 nitrogen and oxygen atoms in total. The molecule has 0 saturated heterocycles. The summed E-state index contributed by atoms with van der Waals surface area (Å²) in [6, 6.07) is 0. The van der Waals surface area contributed by atoms with Crippen molar-refractivity contribution in [2.75, 3.05) is 0 Å². The summed E-state index contributed by atoms with van der Waals surface area (Å²) in [5, 5.41) is 0. The fraction of sp³-hybridized carbons (Fsp3) is 1.00. The van der Waals surface area contributed by atoms with Gasteiger partial charge in [-0.05, 0) is 6.92 Å². The van der Waals surface area contributed by atoms with Gasteiger partial charge < -0.3 is 9.79 Å². The molecule has 0 aliphatic rings. The molecule has 46 heteroatoms. The summed E-state index contributed by atoms with van der Waals surface area (Å²) in [4.78, 5) is 16.6. The SMILES string of the molecule is CC(CC(F)(F)C(F)(F)C(F)(F)C(F)(F)C(F)(F)C(F)(F)C(F)(F)C(F)(F)C(F)(F)C(F)(F)C(F)(F)C(F)(F)C(F)(F)C(F)(F)C(F)(F)C(F)(F)C(F)(F)C(F)(F)C(F)(F)C(F)(F)F)OP(=O)(O)O. The Hall–Kier alpha value is -2.76. The van der Waals surface area contributed by atoms with Gasteiger partial charge in [-0.3, -0.25) is 4.52 Å².